The molecule has 0 aliphatic carbocycles. The van der Waals surface area contributed by atoms with Gasteiger partial charge >= 0.3 is 0 Å². The summed E-state index contributed by atoms with van der Waals surface area (Å²) in [6.07, 6.45) is 3.17. The van der Waals surface area contributed by atoms with E-state index in [9.17, 15) is 0 Å². The monoisotopic (exact) mass is 152 g/mol. The second kappa shape index (κ2) is 3.07. The summed E-state index contributed by atoms with van der Waals surface area (Å²) in [6.45, 7) is 8.54. The number of hydrogen-bond donors (Lipinski definition) is 0. The van der Waals surface area contributed by atoms with E-state index >= 15 is 0 Å². The van der Waals surface area contributed by atoms with Gasteiger partial charge in [-0.3, -0.25) is 0 Å². The van der Waals surface area contributed by atoms with Crippen LogP contribution in [0.4, 0.5) is 0 Å². The van der Waals surface area contributed by atoms with Gasteiger partial charge in [0.2, 0.25) is 0 Å². The lowest BCUT2D eigenvalue weighted by Gasteiger charge is -2.07. The highest BCUT2D eigenvalue weighted by Crippen LogP contribution is 2.10. The molecule has 1 aromatic heterocycles. The molecule has 0 N–H and O–H groups in total. The van der Waals surface area contributed by atoms with E-state index in [1.807, 2.05) is 0 Å². The van der Waals surface area contributed by atoms with E-state index in [2.05, 4.69) is 43.4 Å². The first kappa shape index (κ1) is 8.31. The van der Waals surface area contributed by atoms with Gasteiger partial charge in [-0.1, -0.05) is 6.92 Å². The lowest BCUT2D eigenvalue weighted by molar-refractivity contribution is 0.582. The second-order valence-electron chi connectivity index (χ2n) is 3.13. The molecular weight excluding hydrogens is 136 g/mol. The van der Waals surface area contributed by atoms with Crippen LogP contribution in [0.2, 0.25) is 0 Å². The van der Waals surface area contributed by atoms with Crippen LogP contribution in [0.5, 0.6) is 0 Å². The molecule has 1 heterocycles. The van der Waals surface area contributed by atoms with Crippen molar-refractivity contribution in [1.82, 2.24) is 9.55 Å². The Kier molecular flexibility index (Phi) is 2.32. The molecule has 0 fully saturated rings. The van der Waals surface area contributed by atoms with Gasteiger partial charge < -0.3 is 4.57 Å². The van der Waals surface area contributed by atoms with E-state index in [1.165, 1.54) is 5.69 Å². The molecule has 2 nitrogen and oxygen atoms in total. The number of nitrogens with zero attached hydrogens (tertiary/aromatic N) is 2. The van der Waals surface area contributed by atoms with Gasteiger partial charge in [0.1, 0.15) is 5.82 Å². The Hall–Kier alpha value is -0.790. The van der Waals surface area contributed by atoms with E-state index in [0.717, 1.165) is 12.2 Å². The van der Waals surface area contributed by atoms with Crippen LogP contribution in [0.25, 0.3) is 0 Å². The zero-order valence-electron chi connectivity index (χ0n) is 7.76. The summed E-state index contributed by atoms with van der Waals surface area (Å²) in [5, 5.41) is 0. The number of rotatable bonds is 2. The van der Waals surface area contributed by atoms with Gasteiger partial charge in [0.05, 0.1) is 5.69 Å². The molecule has 0 saturated heterocycles. The highest BCUT2D eigenvalue weighted by atomic mass is 15.1. The van der Waals surface area contributed by atoms with E-state index < -0.39 is 0 Å². The first-order chi connectivity index (χ1) is 5.15. The van der Waals surface area contributed by atoms with Crippen molar-refractivity contribution in [1.29, 1.82) is 0 Å². The molecule has 0 aromatic carbocycles. The average Bonchev–Trinajstić information content (AvgIpc) is 2.30. The molecule has 0 aliphatic rings. The van der Waals surface area contributed by atoms with Gasteiger partial charge in [0, 0.05) is 12.2 Å². The molecule has 0 saturated carbocycles. The molecule has 62 valence electrons. The largest absolute Gasteiger partial charge is 0.332 e. The molecule has 0 spiro atoms. The Balaban J connectivity index is 2.97. The van der Waals surface area contributed by atoms with Crippen molar-refractivity contribution in [2.24, 2.45) is 0 Å². The van der Waals surface area contributed by atoms with E-state index in [0.29, 0.717) is 6.04 Å². The van der Waals surface area contributed by atoms with E-state index in [4.69, 9.17) is 0 Å². The van der Waals surface area contributed by atoms with Crippen LogP contribution in [-0.4, -0.2) is 9.55 Å². The second-order valence-corrected chi connectivity index (χ2v) is 3.13. The van der Waals surface area contributed by atoms with Crippen LogP contribution in [0.3, 0.4) is 0 Å². The Morgan fingerprint density at radius 1 is 1.55 bits per heavy atom. The number of imidazole rings is 1. The maximum Gasteiger partial charge on any atom is 0.106 e. The Bertz CT molecular complexity index is 236. The third kappa shape index (κ3) is 1.62. The van der Waals surface area contributed by atoms with Crippen molar-refractivity contribution in [2.45, 2.75) is 40.2 Å². The van der Waals surface area contributed by atoms with Gasteiger partial charge in [-0.25, -0.2) is 4.98 Å². The van der Waals surface area contributed by atoms with Gasteiger partial charge in [0.15, 0.2) is 0 Å². The Morgan fingerprint density at radius 3 is 2.45 bits per heavy atom. The van der Waals surface area contributed by atoms with Crippen molar-refractivity contribution >= 4 is 0 Å². The zero-order valence-corrected chi connectivity index (χ0v) is 7.76. The lowest BCUT2D eigenvalue weighted by atomic mass is 10.3. The van der Waals surface area contributed by atoms with Crippen molar-refractivity contribution in [3.63, 3.8) is 0 Å². The highest BCUT2D eigenvalue weighted by molar-refractivity contribution is 5.03. The van der Waals surface area contributed by atoms with Crippen LogP contribution in [0.15, 0.2) is 6.20 Å². The van der Waals surface area contributed by atoms with Crippen molar-refractivity contribution < 1.29 is 0 Å². The predicted octanol–water partition coefficient (Wildman–Crippen LogP) is 2.33. The van der Waals surface area contributed by atoms with Crippen molar-refractivity contribution in [3.05, 3.63) is 17.7 Å². The number of hydrogen-bond acceptors (Lipinski definition) is 1. The summed E-state index contributed by atoms with van der Waals surface area (Å²) >= 11 is 0. The maximum atomic E-state index is 4.41. The molecule has 2 heteroatoms. The first-order valence-electron chi connectivity index (χ1n) is 4.19. The Labute approximate surface area is 68.3 Å². The molecule has 0 unspecified atom stereocenters. The van der Waals surface area contributed by atoms with Crippen LogP contribution in [0.1, 0.15) is 38.3 Å². The van der Waals surface area contributed by atoms with Gasteiger partial charge in [-0.2, -0.15) is 0 Å². The molecule has 1 rings (SSSR count). The molecule has 0 bridgehead atoms. The fraction of sp³-hybridized carbons (Fsp3) is 0.667. The fourth-order valence-corrected chi connectivity index (χ4v) is 1.24. The predicted molar refractivity (Wildman–Crippen MR) is 46.7 cm³/mol. The summed E-state index contributed by atoms with van der Waals surface area (Å²) in [7, 11) is 0. The molecule has 1 aromatic rings. The normalized spacial score (nSPS) is 11.0. The summed E-state index contributed by atoms with van der Waals surface area (Å²) in [5.74, 6) is 1.12. The summed E-state index contributed by atoms with van der Waals surface area (Å²) < 4.78 is 2.21. The van der Waals surface area contributed by atoms with Gasteiger partial charge in [-0.05, 0) is 27.2 Å². The lowest BCUT2D eigenvalue weighted by Crippen LogP contribution is -2.00. The molecule has 11 heavy (non-hydrogen) atoms. The molecule has 0 amide bonds. The van der Waals surface area contributed by atoms with E-state index in [1.54, 1.807) is 0 Å². The minimum Gasteiger partial charge on any atom is -0.332 e. The van der Waals surface area contributed by atoms with Crippen LogP contribution >= 0.6 is 0 Å². The van der Waals surface area contributed by atoms with Crippen LogP contribution < -0.4 is 0 Å². The third-order valence-corrected chi connectivity index (χ3v) is 1.89. The minimum absolute atomic E-state index is 0.530. The summed E-state index contributed by atoms with van der Waals surface area (Å²) in [4.78, 5) is 4.41. The fourth-order valence-electron chi connectivity index (χ4n) is 1.24. The van der Waals surface area contributed by atoms with E-state index in [-0.39, 0.29) is 0 Å². The molecule has 0 atom stereocenters. The summed E-state index contributed by atoms with van der Waals surface area (Å²) in [6, 6.07) is 0.530. The first-order valence-corrected chi connectivity index (χ1v) is 4.19. The minimum atomic E-state index is 0.530. The van der Waals surface area contributed by atoms with Crippen molar-refractivity contribution in [2.75, 3.05) is 0 Å². The number of aryl methyl sites for hydroxylation is 2. The quantitative estimate of drug-likeness (QED) is 0.636. The smallest absolute Gasteiger partial charge is 0.106 e. The average molecular weight is 152 g/mol. The zero-order chi connectivity index (χ0) is 8.43. The Morgan fingerprint density at radius 2 is 2.18 bits per heavy atom. The van der Waals surface area contributed by atoms with Gasteiger partial charge in [0.25, 0.3) is 0 Å². The molecule has 0 radical (unpaired) electrons. The van der Waals surface area contributed by atoms with Crippen LogP contribution in [-0.2, 0) is 6.42 Å². The van der Waals surface area contributed by atoms with Crippen LogP contribution in [0, 0.1) is 6.92 Å². The third-order valence-electron chi connectivity index (χ3n) is 1.89. The van der Waals surface area contributed by atoms with Gasteiger partial charge in [-0.15, -0.1) is 0 Å². The topological polar surface area (TPSA) is 17.8 Å². The maximum absolute atomic E-state index is 4.41. The standard InChI is InChI=1S/C9H16N2/c1-5-9-6-11(7(2)3)8(4)10-9/h6-7H,5H2,1-4H3. The summed E-state index contributed by atoms with van der Waals surface area (Å²) in [5.41, 5.74) is 1.19. The van der Waals surface area contributed by atoms with Crippen molar-refractivity contribution in [3.8, 4) is 0 Å². The molecule has 0 aliphatic heterocycles. The highest BCUT2D eigenvalue weighted by Gasteiger charge is 2.03. The molecular formula is C9H16N2. The SMILES string of the molecule is CCc1cn(C(C)C)c(C)n1. The number of aromatic nitrogens is 2.